The van der Waals surface area contributed by atoms with Crippen LogP contribution in [0.25, 0.3) is 0 Å². The molecule has 0 aromatic heterocycles. The molecule has 108 valence electrons. The second kappa shape index (κ2) is 5.97. The van der Waals surface area contributed by atoms with Crippen molar-refractivity contribution in [3.63, 3.8) is 0 Å². The van der Waals surface area contributed by atoms with E-state index in [4.69, 9.17) is 10.5 Å². The number of methoxy groups -OCH3 is 1. The second-order valence-corrected chi connectivity index (χ2v) is 5.05. The fourth-order valence-corrected chi connectivity index (χ4v) is 2.62. The Morgan fingerprint density at radius 1 is 1.19 bits per heavy atom. The van der Waals surface area contributed by atoms with Gasteiger partial charge in [-0.15, -0.1) is 0 Å². The number of para-hydroxylation sites is 1. The highest BCUT2D eigenvalue weighted by atomic mass is 16.5. The maximum Gasteiger partial charge on any atom is 0.119 e. The van der Waals surface area contributed by atoms with E-state index in [2.05, 4.69) is 34.4 Å². The first kappa shape index (κ1) is 13.6. The van der Waals surface area contributed by atoms with Crippen LogP contribution in [-0.2, 0) is 0 Å². The summed E-state index contributed by atoms with van der Waals surface area (Å²) >= 11 is 0. The highest BCUT2D eigenvalue weighted by molar-refractivity contribution is 5.90. The van der Waals surface area contributed by atoms with Gasteiger partial charge in [-0.3, -0.25) is 5.01 Å². The number of anilines is 1. The molecule has 2 aromatic rings. The minimum atomic E-state index is 0.168. The van der Waals surface area contributed by atoms with Crippen LogP contribution in [0.5, 0.6) is 5.75 Å². The number of nitrogens with two attached hydrogens (primary N) is 1. The second-order valence-electron chi connectivity index (χ2n) is 5.05. The molecule has 0 saturated heterocycles. The molecule has 0 saturated carbocycles. The number of hydrazone groups is 1. The Kier molecular flexibility index (Phi) is 3.88. The highest BCUT2D eigenvalue weighted by Gasteiger charge is 2.28. The van der Waals surface area contributed by atoms with E-state index in [0.29, 0.717) is 6.54 Å². The average molecular weight is 281 g/mol. The molecule has 0 aliphatic carbocycles. The zero-order valence-corrected chi connectivity index (χ0v) is 12.1. The summed E-state index contributed by atoms with van der Waals surface area (Å²) in [5, 5.41) is 6.73. The molecule has 4 nitrogen and oxygen atoms in total. The molecule has 0 spiro atoms. The smallest absolute Gasteiger partial charge is 0.119 e. The van der Waals surface area contributed by atoms with E-state index >= 15 is 0 Å². The van der Waals surface area contributed by atoms with Crippen molar-refractivity contribution >= 4 is 11.4 Å². The number of benzene rings is 2. The van der Waals surface area contributed by atoms with Crippen molar-refractivity contribution in [2.24, 2.45) is 10.8 Å². The van der Waals surface area contributed by atoms with Crippen LogP contribution in [0.4, 0.5) is 5.69 Å². The molecular formula is C17H19N3O. The van der Waals surface area contributed by atoms with E-state index in [9.17, 15) is 0 Å². The first-order valence-electron chi connectivity index (χ1n) is 7.06. The molecular weight excluding hydrogens is 262 g/mol. The van der Waals surface area contributed by atoms with Gasteiger partial charge in [-0.2, -0.15) is 5.10 Å². The summed E-state index contributed by atoms with van der Waals surface area (Å²) in [5.41, 5.74) is 9.07. The van der Waals surface area contributed by atoms with Gasteiger partial charge in [-0.1, -0.05) is 30.3 Å². The number of hydrogen-bond acceptors (Lipinski definition) is 4. The predicted octanol–water partition coefficient (Wildman–Crippen LogP) is 2.96. The summed E-state index contributed by atoms with van der Waals surface area (Å²) in [6, 6.07) is 18.5. The van der Waals surface area contributed by atoms with Crippen LogP contribution in [0.15, 0.2) is 59.7 Å². The van der Waals surface area contributed by atoms with E-state index in [1.165, 1.54) is 5.56 Å². The van der Waals surface area contributed by atoms with Crippen molar-refractivity contribution in [1.82, 2.24) is 0 Å². The van der Waals surface area contributed by atoms with Gasteiger partial charge in [0.25, 0.3) is 0 Å². The Balaban J connectivity index is 1.96. The van der Waals surface area contributed by atoms with Gasteiger partial charge in [0.05, 0.1) is 24.6 Å². The molecule has 0 fully saturated rings. The Bertz CT molecular complexity index is 639. The van der Waals surface area contributed by atoms with E-state index in [1.54, 1.807) is 7.11 Å². The highest BCUT2D eigenvalue weighted by Crippen LogP contribution is 2.35. The van der Waals surface area contributed by atoms with Gasteiger partial charge in [-0.05, 0) is 29.8 Å². The third-order valence-electron chi connectivity index (χ3n) is 3.71. The van der Waals surface area contributed by atoms with Crippen molar-refractivity contribution in [3.05, 3.63) is 60.2 Å². The standard InChI is InChI=1S/C17H19N3O/c1-21-16-9-5-6-13(10-16)17-11-14(12-18)19-20(17)15-7-3-2-4-8-15/h2-10,17H,11-12,18H2,1H3. The fraction of sp³-hybridized carbons (Fsp3) is 0.235. The molecule has 1 unspecified atom stereocenters. The van der Waals surface area contributed by atoms with Crippen LogP contribution in [0.3, 0.4) is 0 Å². The van der Waals surface area contributed by atoms with Crippen LogP contribution in [0.1, 0.15) is 18.0 Å². The number of hydrogen-bond donors (Lipinski definition) is 1. The van der Waals surface area contributed by atoms with Gasteiger partial charge < -0.3 is 10.5 Å². The number of nitrogens with zero attached hydrogens (tertiary/aromatic N) is 2. The quantitative estimate of drug-likeness (QED) is 0.937. The van der Waals surface area contributed by atoms with Gasteiger partial charge >= 0.3 is 0 Å². The summed E-state index contributed by atoms with van der Waals surface area (Å²) in [6.07, 6.45) is 0.846. The lowest BCUT2D eigenvalue weighted by Gasteiger charge is -2.24. The van der Waals surface area contributed by atoms with Crippen molar-refractivity contribution < 1.29 is 4.74 Å². The lowest BCUT2D eigenvalue weighted by molar-refractivity contribution is 0.414. The van der Waals surface area contributed by atoms with E-state index < -0.39 is 0 Å². The molecule has 3 rings (SSSR count). The van der Waals surface area contributed by atoms with Crippen LogP contribution >= 0.6 is 0 Å². The molecule has 2 aromatic carbocycles. The van der Waals surface area contributed by atoms with Crippen molar-refractivity contribution in [2.45, 2.75) is 12.5 Å². The summed E-state index contributed by atoms with van der Waals surface area (Å²) in [6.45, 7) is 0.490. The van der Waals surface area contributed by atoms with Crippen molar-refractivity contribution in [1.29, 1.82) is 0 Å². The fourth-order valence-electron chi connectivity index (χ4n) is 2.62. The summed E-state index contributed by atoms with van der Waals surface area (Å²) in [4.78, 5) is 0. The molecule has 1 aliphatic rings. The topological polar surface area (TPSA) is 50.9 Å². The maximum atomic E-state index is 5.79. The van der Waals surface area contributed by atoms with Gasteiger partial charge in [0.1, 0.15) is 5.75 Å². The predicted molar refractivity (Wildman–Crippen MR) is 85.8 cm³/mol. The molecule has 0 amide bonds. The number of rotatable bonds is 4. The first-order chi connectivity index (χ1) is 10.3. The lowest BCUT2D eigenvalue weighted by Crippen LogP contribution is -2.18. The van der Waals surface area contributed by atoms with Gasteiger partial charge in [0.2, 0.25) is 0 Å². The van der Waals surface area contributed by atoms with Gasteiger partial charge in [0, 0.05) is 13.0 Å². The molecule has 1 aliphatic heterocycles. The zero-order valence-electron chi connectivity index (χ0n) is 12.1. The van der Waals surface area contributed by atoms with Crippen LogP contribution in [-0.4, -0.2) is 19.4 Å². The lowest BCUT2D eigenvalue weighted by atomic mass is 10.0. The third kappa shape index (κ3) is 2.76. The van der Waals surface area contributed by atoms with E-state index in [0.717, 1.165) is 23.6 Å². The van der Waals surface area contributed by atoms with Crippen LogP contribution < -0.4 is 15.5 Å². The van der Waals surface area contributed by atoms with Crippen LogP contribution in [0, 0.1) is 0 Å². The van der Waals surface area contributed by atoms with Crippen molar-refractivity contribution in [3.8, 4) is 5.75 Å². The van der Waals surface area contributed by atoms with E-state index in [-0.39, 0.29) is 6.04 Å². The molecule has 21 heavy (non-hydrogen) atoms. The third-order valence-corrected chi connectivity index (χ3v) is 3.71. The molecule has 0 bridgehead atoms. The maximum absolute atomic E-state index is 5.79. The zero-order chi connectivity index (χ0) is 14.7. The summed E-state index contributed by atoms with van der Waals surface area (Å²) in [7, 11) is 1.69. The monoisotopic (exact) mass is 281 g/mol. The average Bonchev–Trinajstić information content (AvgIpc) is 3.00. The first-order valence-corrected chi connectivity index (χ1v) is 7.06. The Labute approximate surface area is 124 Å². The normalized spacial score (nSPS) is 17.7. The molecule has 1 atom stereocenters. The summed E-state index contributed by atoms with van der Waals surface area (Å²) in [5.74, 6) is 0.863. The van der Waals surface area contributed by atoms with Crippen LogP contribution in [0.2, 0.25) is 0 Å². The Morgan fingerprint density at radius 2 is 2.00 bits per heavy atom. The molecule has 4 heteroatoms. The molecule has 0 radical (unpaired) electrons. The SMILES string of the molecule is COc1cccc(C2CC(CN)=NN2c2ccccc2)c1. The Hall–Kier alpha value is -2.33. The number of ether oxygens (including phenoxy) is 1. The minimum Gasteiger partial charge on any atom is -0.497 e. The van der Waals surface area contributed by atoms with Gasteiger partial charge in [-0.25, -0.2) is 0 Å². The van der Waals surface area contributed by atoms with Crippen molar-refractivity contribution in [2.75, 3.05) is 18.7 Å². The summed E-state index contributed by atoms with van der Waals surface area (Å²) < 4.78 is 5.33. The van der Waals surface area contributed by atoms with E-state index in [1.807, 2.05) is 30.3 Å². The largest absolute Gasteiger partial charge is 0.497 e. The molecule has 1 heterocycles. The minimum absolute atomic E-state index is 0.168. The molecule has 2 N–H and O–H groups in total. The Morgan fingerprint density at radius 3 is 2.71 bits per heavy atom. The van der Waals surface area contributed by atoms with Gasteiger partial charge in [0.15, 0.2) is 0 Å².